The van der Waals surface area contributed by atoms with Crippen LogP contribution in [0.3, 0.4) is 0 Å². The van der Waals surface area contributed by atoms with Crippen molar-refractivity contribution in [2.24, 2.45) is 0 Å². The summed E-state index contributed by atoms with van der Waals surface area (Å²) in [4.78, 5) is 0. The van der Waals surface area contributed by atoms with Gasteiger partial charge in [-0.1, -0.05) is 57.7 Å². The molecule has 1 aromatic carbocycles. The number of rotatable bonds is 8. The molecule has 0 fully saturated rings. The van der Waals surface area contributed by atoms with Gasteiger partial charge in [-0.3, -0.25) is 0 Å². The lowest BCUT2D eigenvalue weighted by Crippen LogP contribution is -2.41. The summed E-state index contributed by atoms with van der Waals surface area (Å²) in [6, 6.07) is 10.5. The highest BCUT2D eigenvalue weighted by Crippen LogP contribution is 2.31. The highest BCUT2D eigenvalue weighted by atomic mass is 28.4. The fourth-order valence-electron chi connectivity index (χ4n) is 3.04. The molecule has 1 rings (SSSR count). The molecule has 0 saturated heterocycles. The molecule has 1 nitrogen and oxygen atoms in total. The lowest BCUT2D eigenvalue weighted by molar-refractivity contribution is 0.515. The molecule has 0 aliphatic rings. The molecule has 0 aromatic heterocycles. The summed E-state index contributed by atoms with van der Waals surface area (Å²) in [5, 5.41) is 0. The summed E-state index contributed by atoms with van der Waals surface area (Å²) < 4.78 is 6.65. The van der Waals surface area contributed by atoms with Crippen molar-refractivity contribution < 1.29 is 4.43 Å². The van der Waals surface area contributed by atoms with Gasteiger partial charge in [0.25, 0.3) is 8.32 Å². The van der Waals surface area contributed by atoms with Crippen molar-refractivity contribution >= 4 is 8.32 Å². The molecule has 2 heteroatoms. The average molecular weight is 279 g/mol. The van der Waals surface area contributed by atoms with Gasteiger partial charge < -0.3 is 4.43 Å². The predicted octanol–water partition coefficient (Wildman–Crippen LogP) is 5.86. The first-order chi connectivity index (χ1) is 9.06. The van der Waals surface area contributed by atoms with Crippen LogP contribution in [0, 0.1) is 13.8 Å². The smallest absolute Gasteiger partial charge is 0.251 e. The molecule has 0 spiro atoms. The van der Waals surface area contributed by atoms with E-state index in [0.29, 0.717) is 0 Å². The maximum absolute atomic E-state index is 6.65. The second-order valence-electron chi connectivity index (χ2n) is 5.80. The second-order valence-corrected chi connectivity index (χ2v) is 9.87. The zero-order chi connectivity index (χ0) is 14.3. The van der Waals surface area contributed by atoms with Crippen molar-refractivity contribution in [1.82, 2.24) is 0 Å². The summed E-state index contributed by atoms with van der Waals surface area (Å²) in [5.74, 6) is 1.13. The van der Waals surface area contributed by atoms with Crippen LogP contribution in [0.15, 0.2) is 18.2 Å². The van der Waals surface area contributed by atoms with Crippen molar-refractivity contribution in [1.29, 1.82) is 0 Å². The SMILES string of the molecule is CCC[Si](CCC)(CCC)Oc1ccc(C)cc1C. The molecule has 0 unspecified atom stereocenters. The van der Waals surface area contributed by atoms with E-state index in [0.717, 1.165) is 5.75 Å². The maximum atomic E-state index is 6.65. The molecule has 0 aliphatic carbocycles. The van der Waals surface area contributed by atoms with Gasteiger partial charge in [0.1, 0.15) is 5.75 Å². The third kappa shape index (κ3) is 4.68. The third-order valence-corrected chi connectivity index (χ3v) is 8.66. The minimum Gasteiger partial charge on any atom is -0.543 e. The first kappa shape index (κ1) is 16.3. The number of benzene rings is 1. The van der Waals surface area contributed by atoms with E-state index < -0.39 is 8.32 Å². The van der Waals surface area contributed by atoms with Gasteiger partial charge in [-0.15, -0.1) is 0 Å². The Morgan fingerprint density at radius 2 is 1.42 bits per heavy atom. The number of hydrogen-bond donors (Lipinski definition) is 0. The first-order valence-corrected chi connectivity index (χ1v) is 10.4. The van der Waals surface area contributed by atoms with Crippen molar-refractivity contribution in [3.8, 4) is 5.75 Å². The molecule has 108 valence electrons. The van der Waals surface area contributed by atoms with Crippen molar-refractivity contribution in [2.45, 2.75) is 72.0 Å². The highest BCUT2D eigenvalue weighted by Gasteiger charge is 2.34. The fourth-order valence-corrected chi connectivity index (χ4v) is 7.53. The van der Waals surface area contributed by atoms with Crippen LogP contribution in [-0.2, 0) is 0 Å². The summed E-state index contributed by atoms with van der Waals surface area (Å²) in [5.41, 5.74) is 2.61. The largest absolute Gasteiger partial charge is 0.543 e. The Kier molecular flexibility index (Phi) is 6.63. The normalized spacial score (nSPS) is 11.6. The van der Waals surface area contributed by atoms with Crippen LogP contribution < -0.4 is 4.43 Å². The van der Waals surface area contributed by atoms with E-state index in [1.165, 1.54) is 48.5 Å². The molecule has 0 radical (unpaired) electrons. The molecule has 0 saturated carbocycles. The van der Waals surface area contributed by atoms with Gasteiger partial charge in [0, 0.05) is 0 Å². The van der Waals surface area contributed by atoms with Gasteiger partial charge >= 0.3 is 0 Å². The van der Waals surface area contributed by atoms with Gasteiger partial charge in [0.05, 0.1) is 0 Å². The zero-order valence-electron chi connectivity index (χ0n) is 13.4. The van der Waals surface area contributed by atoms with Gasteiger partial charge in [-0.25, -0.2) is 0 Å². The van der Waals surface area contributed by atoms with E-state index in [4.69, 9.17) is 4.43 Å². The van der Waals surface area contributed by atoms with E-state index >= 15 is 0 Å². The van der Waals surface area contributed by atoms with Gasteiger partial charge in [-0.05, 0) is 43.6 Å². The Morgan fingerprint density at radius 1 is 0.895 bits per heavy atom. The fraction of sp³-hybridized carbons (Fsp3) is 0.647. The van der Waals surface area contributed by atoms with Crippen LogP contribution in [0.25, 0.3) is 0 Å². The Labute approximate surface area is 120 Å². The van der Waals surface area contributed by atoms with Crippen LogP contribution in [0.4, 0.5) is 0 Å². The summed E-state index contributed by atoms with van der Waals surface area (Å²) in [7, 11) is -1.59. The molecular formula is C17H30OSi. The monoisotopic (exact) mass is 278 g/mol. The minimum absolute atomic E-state index is 1.13. The van der Waals surface area contributed by atoms with Crippen LogP contribution in [0.5, 0.6) is 5.75 Å². The molecule has 0 atom stereocenters. The Bertz CT molecular complexity index is 370. The summed E-state index contributed by atoms with van der Waals surface area (Å²) >= 11 is 0. The lowest BCUT2D eigenvalue weighted by Gasteiger charge is -2.32. The van der Waals surface area contributed by atoms with Crippen LogP contribution in [0.1, 0.15) is 51.2 Å². The van der Waals surface area contributed by atoms with E-state index in [2.05, 4.69) is 52.8 Å². The average Bonchev–Trinajstić information content (AvgIpc) is 2.34. The number of hydrogen-bond acceptors (Lipinski definition) is 1. The van der Waals surface area contributed by atoms with E-state index in [1.54, 1.807) is 0 Å². The van der Waals surface area contributed by atoms with E-state index in [9.17, 15) is 0 Å². The number of aryl methyl sites for hydroxylation is 2. The van der Waals surface area contributed by atoms with Crippen LogP contribution >= 0.6 is 0 Å². The van der Waals surface area contributed by atoms with Gasteiger partial charge in [0.2, 0.25) is 0 Å². The molecule has 0 heterocycles. The third-order valence-electron chi connectivity index (χ3n) is 3.77. The highest BCUT2D eigenvalue weighted by molar-refractivity contribution is 6.74. The second kappa shape index (κ2) is 7.74. The van der Waals surface area contributed by atoms with Gasteiger partial charge in [-0.2, -0.15) is 0 Å². The first-order valence-electron chi connectivity index (χ1n) is 7.83. The molecule has 0 aliphatic heterocycles. The molecule has 0 N–H and O–H groups in total. The Balaban J connectivity index is 2.97. The molecular weight excluding hydrogens is 248 g/mol. The Morgan fingerprint density at radius 3 is 1.84 bits per heavy atom. The maximum Gasteiger partial charge on any atom is 0.251 e. The standard InChI is InChI=1S/C17H30OSi/c1-6-11-19(12-7-2,13-8-3)18-17-10-9-15(4)14-16(17)5/h9-10,14H,6-8,11-13H2,1-5H3. The van der Waals surface area contributed by atoms with Crippen molar-refractivity contribution in [3.05, 3.63) is 29.3 Å². The summed E-state index contributed by atoms with van der Waals surface area (Å²) in [6.07, 6.45) is 3.74. The topological polar surface area (TPSA) is 9.23 Å². The van der Waals surface area contributed by atoms with Crippen LogP contribution in [-0.4, -0.2) is 8.32 Å². The molecule has 0 amide bonds. The van der Waals surface area contributed by atoms with E-state index in [-0.39, 0.29) is 0 Å². The van der Waals surface area contributed by atoms with E-state index in [1.807, 2.05) is 0 Å². The van der Waals surface area contributed by atoms with Gasteiger partial charge in [0.15, 0.2) is 0 Å². The minimum atomic E-state index is -1.59. The molecule has 1 aromatic rings. The zero-order valence-corrected chi connectivity index (χ0v) is 14.4. The Hall–Kier alpha value is -0.763. The van der Waals surface area contributed by atoms with Crippen molar-refractivity contribution in [3.63, 3.8) is 0 Å². The lowest BCUT2D eigenvalue weighted by atomic mass is 10.1. The molecule has 19 heavy (non-hydrogen) atoms. The van der Waals surface area contributed by atoms with Crippen LogP contribution in [0.2, 0.25) is 18.1 Å². The summed E-state index contributed by atoms with van der Waals surface area (Å²) in [6.45, 7) is 11.2. The molecule has 0 bridgehead atoms. The quantitative estimate of drug-likeness (QED) is 0.541. The van der Waals surface area contributed by atoms with Crippen molar-refractivity contribution in [2.75, 3.05) is 0 Å². The predicted molar refractivity (Wildman–Crippen MR) is 87.6 cm³/mol.